The SMILES string of the molecule is O=C(OC1CCc2ccccc2C1=O)c1cccs1. The fourth-order valence-electron chi connectivity index (χ4n) is 2.26. The minimum atomic E-state index is -0.649. The minimum Gasteiger partial charge on any atom is -0.450 e. The Labute approximate surface area is 114 Å². The Bertz CT molecular complexity index is 616. The van der Waals surface area contributed by atoms with Crippen LogP contribution in [0.1, 0.15) is 32.0 Å². The Hall–Kier alpha value is -1.94. The maximum Gasteiger partial charge on any atom is 0.349 e. The lowest BCUT2D eigenvalue weighted by Crippen LogP contribution is -2.32. The van der Waals surface area contributed by atoms with Crippen molar-refractivity contribution in [3.63, 3.8) is 0 Å². The first kappa shape index (κ1) is 12.1. The van der Waals surface area contributed by atoms with Crippen molar-refractivity contribution in [1.82, 2.24) is 0 Å². The summed E-state index contributed by atoms with van der Waals surface area (Å²) >= 11 is 1.32. The molecule has 1 aromatic heterocycles. The van der Waals surface area contributed by atoms with E-state index in [9.17, 15) is 9.59 Å². The average Bonchev–Trinajstić information content (AvgIpc) is 2.96. The van der Waals surface area contributed by atoms with E-state index in [-0.39, 0.29) is 5.78 Å². The number of rotatable bonds is 2. The van der Waals surface area contributed by atoms with Crippen LogP contribution >= 0.6 is 11.3 Å². The van der Waals surface area contributed by atoms with Crippen molar-refractivity contribution in [2.75, 3.05) is 0 Å². The van der Waals surface area contributed by atoms with Gasteiger partial charge in [-0.3, -0.25) is 4.79 Å². The number of hydrogen-bond donors (Lipinski definition) is 0. The maximum atomic E-state index is 12.2. The smallest absolute Gasteiger partial charge is 0.349 e. The van der Waals surface area contributed by atoms with Crippen LogP contribution in [0.4, 0.5) is 0 Å². The quantitative estimate of drug-likeness (QED) is 0.789. The van der Waals surface area contributed by atoms with Crippen molar-refractivity contribution in [2.45, 2.75) is 18.9 Å². The van der Waals surface area contributed by atoms with Gasteiger partial charge in [0.2, 0.25) is 5.78 Å². The zero-order valence-corrected chi connectivity index (χ0v) is 11.0. The van der Waals surface area contributed by atoms with E-state index in [1.165, 1.54) is 11.3 Å². The van der Waals surface area contributed by atoms with Crippen LogP contribution < -0.4 is 0 Å². The Balaban J connectivity index is 1.78. The highest BCUT2D eigenvalue weighted by Crippen LogP contribution is 2.24. The Morgan fingerprint density at radius 1 is 1.21 bits per heavy atom. The molecule has 3 rings (SSSR count). The molecule has 4 heteroatoms. The van der Waals surface area contributed by atoms with Crippen molar-refractivity contribution in [3.05, 3.63) is 57.8 Å². The molecule has 0 N–H and O–H groups in total. The average molecular weight is 272 g/mol. The summed E-state index contributed by atoms with van der Waals surface area (Å²) in [6.45, 7) is 0. The number of thiophene rings is 1. The molecule has 1 heterocycles. The molecule has 1 atom stereocenters. The molecule has 0 amide bonds. The van der Waals surface area contributed by atoms with E-state index in [0.717, 1.165) is 12.0 Å². The van der Waals surface area contributed by atoms with Crippen molar-refractivity contribution in [3.8, 4) is 0 Å². The summed E-state index contributed by atoms with van der Waals surface area (Å²) < 4.78 is 5.33. The topological polar surface area (TPSA) is 43.4 Å². The van der Waals surface area contributed by atoms with Crippen LogP contribution in [0.5, 0.6) is 0 Å². The molecule has 0 saturated carbocycles. The van der Waals surface area contributed by atoms with E-state index < -0.39 is 12.1 Å². The van der Waals surface area contributed by atoms with E-state index in [1.54, 1.807) is 18.2 Å². The van der Waals surface area contributed by atoms with Gasteiger partial charge in [-0.25, -0.2) is 4.79 Å². The van der Waals surface area contributed by atoms with Crippen LogP contribution in [-0.2, 0) is 11.2 Å². The van der Waals surface area contributed by atoms with Gasteiger partial charge in [-0.15, -0.1) is 11.3 Å². The highest BCUT2D eigenvalue weighted by atomic mass is 32.1. The maximum absolute atomic E-state index is 12.2. The van der Waals surface area contributed by atoms with Crippen molar-refractivity contribution >= 4 is 23.1 Å². The third-order valence-electron chi connectivity index (χ3n) is 3.22. The van der Waals surface area contributed by atoms with Gasteiger partial charge in [-0.05, 0) is 29.9 Å². The molecular weight excluding hydrogens is 260 g/mol. The van der Waals surface area contributed by atoms with E-state index in [0.29, 0.717) is 16.9 Å². The molecule has 0 bridgehead atoms. The summed E-state index contributed by atoms with van der Waals surface area (Å²) in [6.07, 6.45) is 0.682. The summed E-state index contributed by atoms with van der Waals surface area (Å²) in [7, 11) is 0. The summed E-state index contributed by atoms with van der Waals surface area (Å²) in [5.74, 6) is -0.500. The highest BCUT2D eigenvalue weighted by Gasteiger charge is 2.30. The molecule has 96 valence electrons. The molecule has 0 aliphatic heterocycles. The summed E-state index contributed by atoms with van der Waals surface area (Å²) in [5, 5.41) is 1.81. The van der Waals surface area contributed by atoms with Crippen molar-refractivity contribution < 1.29 is 14.3 Å². The van der Waals surface area contributed by atoms with Gasteiger partial charge in [0.05, 0.1) is 0 Å². The summed E-state index contributed by atoms with van der Waals surface area (Å²) in [5.41, 5.74) is 1.72. The van der Waals surface area contributed by atoms with Gasteiger partial charge < -0.3 is 4.74 Å². The van der Waals surface area contributed by atoms with Gasteiger partial charge in [0.25, 0.3) is 0 Å². The molecule has 1 aliphatic carbocycles. The monoisotopic (exact) mass is 272 g/mol. The molecule has 19 heavy (non-hydrogen) atoms. The summed E-state index contributed by atoms with van der Waals surface area (Å²) in [6, 6.07) is 11.0. The molecule has 0 fully saturated rings. The van der Waals surface area contributed by atoms with E-state index in [2.05, 4.69) is 0 Å². The number of hydrogen-bond acceptors (Lipinski definition) is 4. The number of Topliss-reactive ketones (excluding diaryl/α,β-unsaturated/α-hetero) is 1. The van der Waals surface area contributed by atoms with Crippen LogP contribution in [0.2, 0.25) is 0 Å². The van der Waals surface area contributed by atoms with Crippen LogP contribution in [-0.4, -0.2) is 17.9 Å². The Kier molecular flexibility index (Phi) is 3.17. The van der Waals surface area contributed by atoms with Crippen LogP contribution in [0.25, 0.3) is 0 Å². The van der Waals surface area contributed by atoms with Gasteiger partial charge in [-0.1, -0.05) is 30.3 Å². The molecule has 3 nitrogen and oxygen atoms in total. The predicted octanol–water partition coefficient (Wildman–Crippen LogP) is 3.10. The molecular formula is C15H12O3S. The highest BCUT2D eigenvalue weighted by molar-refractivity contribution is 7.11. The Morgan fingerprint density at radius 3 is 2.84 bits per heavy atom. The lowest BCUT2D eigenvalue weighted by Gasteiger charge is -2.22. The predicted molar refractivity (Wildman–Crippen MR) is 72.6 cm³/mol. The van der Waals surface area contributed by atoms with Crippen LogP contribution in [0, 0.1) is 0 Å². The number of fused-ring (bicyclic) bond motifs is 1. The zero-order valence-electron chi connectivity index (χ0n) is 10.2. The lowest BCUT2D eigenvalue weighted by molar-refractivity contribution is 0.0262. The van der Waals surface area contributed by atoms with E-state index in [1.807, 2.05) is 23.6 Å². The molecule has 0 saturated heterocycles. The van der Waals surface area contributed by atoms with Crippen molar-refractivity contribution in [2.24, 2.45) is 0 Å². The third-order valence-corrected chi connectivity index (χ3v) is 4.07. The standard InChI is InChI=1S/C15H12O3S/c16-14-11-5-2-1-4-10(11)7-8-12(14)18-15(17)13-6-3-9-19-13/h1-6,9,12H,7-8H2. The summed E-state index contributed by atoms with van der Waals surface area (Å²) in [4.78, 5) is 24.6. The Morgan fingerprint density at radius 2 is 2.05 bits per heavy atom. The van der Waals surface area contributed by atoms with Gasteiger partial charge in [0, 0.05) is 5.56 Å². The number of ether oxygens (including phenoxy) is 1. The third kappa shape index (κ3) is 2.31. The van der Waals surface area contributed by atoms with Crippen LogP contribution in [0.15, 0.2) is 41.8 Å². The normalized spacial score (nSPS) is 17.9. The number of esters is 1. The van der Waals surface area contributed by atoms with Gasteiger partial charge >= 0.3 is 5.97 Å². The van der Waals surface area contributed by atoms with E-state index >= 15 is 0 Å². The molecule has 1 aliphatic rings. The van der Waals surface area contributed by atoms with Gasteiger partial charge in [0.15, 0.2) is 6.10 Å². The first-order chi connectivity index (χ1) is 9.25. The van der Waals surface area contributed by atoms with E-state index in [4.69, 9.17) is 4.74 Å². The zero-order chi connectivity index (χ0) is 13.2. The molecule has 0 spiro atoms. The molecule has 2 aromatic rings. The molecule has 1 aromatic carbocycles. The lowest BCUT2D eigenvalue weighted by atomic mass is 9.89. The number of carbonyl (C=O) groups is 2. The number of aryl methyl sites for hydroxylation is 1. The molecule has 0 radical (unpaired) electrons. The second kappa shape index (κ2) is 4.97. The number of benzene rings is 1. The van der Waals surface area contributed by atoms with Crippen LogP contribution in [0.3, 0.4) is 0 Å². The fourth-order valence-corrected chi connectivity index (χ4v) is 2.87. The minimum absolute atomic E-state index is 0.0910. The first-order valence-corrected chi connectivity index (χ1v) is 7.00. The molecule has 1 unspecified atom stereocenters. The second-order valence-corrected chi connectivity index (χ2v) is 5.38. The fraction of sp³-hybridized carbons (Fsp3) is 0.200. The first-order valence-electron chi connectivity index (χ1n) is 6.12. The second-order valence-electron chi connectivity index (χ2n) is 4.43. The van der Waals surface area contributed by atoms with Gasteiger partial charge in [0.1, 0.15) is 4.88 Å². The largest absolute Gasteiger partial charge is 0.450 e. The van der Waals surface area contributed by atoms with Crippen molar-refractivity contribution in [1.29, 1.82) is 0 Å². The van der Waals surface area contributed by atoms with Gasteiger partial charge in [-0.2, -0.15) is 0 Å². The number of ketones is 1. The number of carbonyl (C=O) groups excluding carboxylic acids is 2.